The van der Waals surface area contributed by atoms with E-state index in [4.69, 9.17) is 0 Å². The Labute approximate surface area is 76.4 Å². The van der Waals surface area contributed by atoms with Crippen molar-refractivity contribution in [2.75, 3.05) is 5.32 Å². The maximum atomic E-state index is 12.7. The molecule has 2 nitrogen and oxygen atoms in total. The molecule has 1 fully saturated rings. The van der Waals surface area contributed by atoms with Gasteiger partial charge in [-0.05, 0) is 31.0 Å². The lowest BCUT2D eigenvalue weighted by molar-refractivity contribution is 0.0786. The highest BCUT2D eigenvalue weighted by Crippen LogP contribution is 2.24. The molecule has 0 aromatic heterocycles. The second kappa shape index (κ2) is 3.34. The average Bonchev–Trinajstić information content (AvgIpc) is 2.12. The van der Waals surface area contributed by atoms with E-state index in [1.54, 1.807) is 12.1 Å². The number of rotatable bonds is 2. The predicted octanol–water partition coefficient (Wildman–Crippen LogP) is 1.76. The summed E-state index contributed by atoms with van der Waals surface area (Å²) in [7, 11) is 0. The van der Waals surface area contributed by atoms with Crippen LogP contribution >= 0.6 is 0 Å². The fourth-order valence-electron chi connectivity index (χ4n) is 1.44. The van der Waals surface area contributed by atoms with Crippen LogP contribution in [-0.2, 0) is 0 Å². The Hall–Kier alpha value is -1.09. The van der Waals surface area contributed by atoms with Crippen molar-refractivity contribution < 1.29 is 9.50 Å². The van der Waals surface area contributed by atoms with Crippen LogP contribution in [0.15, 0.2) is 24.3 Å². The molecule has 0 saturated heterocycles. The van der Waals surface area contributed by atoms with Crippen LogP contribution in [-0.4, -0.2) is 17.3 Å². The molecule has 2 atom stereocenters. The van der Waals surface area contributed by atoms with Gasteiger partial charge in [0.1, 0.15) is 5.82 Å². The van der Waals surface area contributed by atoms with E-state index in [2.05, 4.69) is 5.32 Å². The minimum absolute atomic E-state index is 0.0989. The standard InChI is InChI=1S/C10H12FNO/c11-7-2-1-3-8(6-7)12-9-4-5-10(9)13/h1-3,6,9-10,12-13H,4-5H2/t9-,10-/m1/s1. The van der Waals surface area contributed by atoms with Crippen LogP contribution in [0.4, 0.5) is 10.1 Å². The van der Waals surface area contributed by atoms with Gasteiger partial charge in [-0.15, -0.1) is 0 Å². The van der Waals surface area contributed by atoms with E-state index in [1.165, 1.54) is 12.1 Å². The van der Waals surface area contributed by atoms with Crippen LogP contribution in [0.2, 0.25) is 0 Å². The van der Waals surface area contributed by atoms with Gasteiger partial charge in [0, 0.05) is 5.69 Å². The molecule has 1 saturated carbocycles. The van der Waals surface area contributed by atoms with Crippen molar-refractivity contribution in [2.45, 2.75) is 25.0 Å². The van der Waals surface area contributed by atoms with Crippen LogP contribution in [0, 0.1) is 5.82 Å². The molecule has 0 spiro atoms. The van der Waals surface area contributed by atoms with Gasteiger partial charge in [-0.1, -0.05) is 6.07 Å². The highest BCUT2D eigenvalue weighted by molar-refractivity contribution is 5.44. The Morgan fingerprint density at radius 1 is 1.38 bits per heavy atom. The summed E-state index contributed by atoms with van der Waals surface area (Å²) in [5, 5.41) is 12.4. The van der Waals surface area contributed by atoms with Crippen molar-refractivity contribution in [3.63, 3.8) is 0 Å². The maximum absolute atomic E-state index is 12.7. The van der Waals surface area contributed by atoms with E-state index in [-0.39, 0.29) is 18.0 Å². The number of benzene rings is 1. The van der Waals surface area contributed by atoms with E-state index < -0.39 is 0 Å². The molecule has 1 aliphatic carbocycles. The highest BCUT2D eigenvalue weighted by Gasteiger charge is 2.28. The molecule has 2 rings (SSSR count). The molecule has 3 heteroatoms. The van der Waals surface area contributed by atoms with Gasteiger partial charge in [0.15, 0.2) is 0 Å². The van der Waals surface area contributed by atoms with Gasteiger partial charge in [0.2, 0.25) is 0 Å². The van der Waals surface area contributed by atoms with Crippen LogP contribution in [0.3, 0.4) is 0 Å². The largest absolute Gasteiger partial charge is 0.391 e. The van der Waals surface area contributed by atoms with Crippen molar-refractivity contribution in [1.29, 1.82) is 0 Å². The first-order chi connectivity index (χ1) is 6.25. The van der Waals surface area contributed by atoms with E-state index in [0.717, 1.165) is 18.5 Å². The SMILES string of the molecule is O[C@@H]1CC[C@H]1Nc1cccc(F)c1. The molecular formula is C10H12FNO. The minimum atomic E-state index is -0.275. The van der Waals surface area contributed by atoms with Crippen molar-refractivity contribution >= 4 is 5.69 Å². The number of nitrogens with one attached hydrogen (secondary N) is 1. The lowest BCUT2D eigenvalue weighted by atomic mass is 9.89. The summed E-state index contributed by atoms with van der Waals surface area (Å²) in [6.07, 6.45) is 1.52. The fraction of sp³-hybridized carbons (Fsp3) is 0.400. The summed E-state index contributed by atoms with van der Waals surface area (Å²) in [5.41, 5.74) is 0.740. The Bertz CT molecular complexity index is 303. The second-order valence-corrected chi connectivity index (χ2v) is 3.41. The van der Waals surface area contributed by atoms with Gasteiger partial charge >= 0.3 is 0 Å². The van der Waals surface area contributed by atoms with E-state index in [1.807, 2.05) is 0 Å². The number of hydrogen-bond donors (Lipinski definition) is 2. The summed E-state index contributed by atoms with van der Waals surface area (Å²) in [5.74, 6) is -0.251. The van der Waals surface area contributed by atoms with Gasteiger partial charge in [0.05, 0.1) is 12.1 Å². The molecule has 0 heterocycles. The van der Waals surface area contributed by atoms with Crippen molar-refractivity contribution in [2.24, 2.45) is 0 Å². The molecule has 0 radical (unpaired) electrons. The molecule has 1 aromatic carbocycles. The third-order valence-electron chi connectivity index (χ3n) is 2.41. The Morgan fingerprint density at radius 3 is 2.77 bits per heavy atom. The third-order valence-corrected chi connectivity index (χ3v) is 2.41. The van der Waals surface area contributed by atoms with Crippen molar-refractivity contribution in [3.05, 3.63) is 30.1 Å². The smallest absolute Gasteiger partial charge is 0.125 e. The summed E-state index contributed by atoms with van der Waals surface area (Å²) >= 11 is 0. The van der Waals surface area contributed by atoms with Gasteiger partial charge in [-0.25, -0.2) is 4.39 Å². The minimum Gasteiger partial charge on any atom is -0.391 e. The van der Waals surface area contributed by atoms with Gasteiger partial charge in [-0.3, -0.25) is 0 Å². The normalized spacial score (nSPS) is 26.6. The quantitative estimate of drug-likeness (QED) is 0.728. The summed E-state index contributed by atoms with van der Waals surface area (Å²) in [4.78, 5) is 0. The Morgan fingerprint density at radius 2 is 2.23 bits per heavy atom. The van der Waals surface area contributed by atoms with E-state index >= 15 is 0 Å². The van der Waals surface area contributed by atoms with Crippen LogP contribution in [0.1, 0.15) is 12.8 Å². The lowest BCUT2D eigenvalue weighted by Crippen LogP contribution is -2.42. The molecule has 1 aromatic rings. The highest BCUT2D eigenvalue weighted by atomic mass is 19.1. The zero-order chi connectivity index (χ0) is 9.26. The lowest BCUT2D eigenvalue weighted by Gasteiger charge is -2.33. The number of hydrogen-bond acceptors (Lipinski definition) is 2. The molecule has 70 valence electrons. The Kier molecular flexibility index (Phi) is 2.19. The number of aliphatic hydroxyl groups is 1. The summed E-state index contributed by atoms with van der Waals surface area (Å²) in [6.45, 7) is 0. The van der Waals surface area contributed by atoms with Crippen LogP contribution in [0.25, 0.3) is 0 Å². The average molecular weight is 181 g/mol. The summed E-state index contributed by atoms with van der Waals surface area (Å²) < 4.78 is 12.7. The molecule has 2 N–H and O–H groups in total. The zero-order valence-electron chi connectivity index (χ0n) is 7.20. The van der Waals surface area contributed by atoms with Crippen LogP contribution in [0.5, 0.6) is 0 Å². The molecule has 0 amide bonds. The Balaban J connectivity index is 2.01. The topological polar surface area (TPSA) is 32.3 Å². The first-order valence-corrected chi connectivity index (χ1v) is 4.46. The molecule has 0 bridgehead atoms. The molecule has 0 unspecified atom stereocenters. The van der Waals surface area contributed by atoms with Crippen LogP contribution < -0.4 is 5.32 Å². The van der Waals surface area contributed by atoms with Gasteiger partial charge in [0.25, 0.3) is 0 Å². The molecule has 0 aliphatic heterocycles. The fourth-order valence-corrected chi connectivity index (χ4v) is 1.44. The van der Waals surface area contributed by atoms with Gasteiger partial charge in [-0.2, -0.15) is 0 Å². The van der Waals surface area contributed by atoms with Crippen molar-refractivity contribution in [1.82, 2.24) is 0 Å². The summed E-state index contributed by atoms with van der Waals surface area (Å²) in [6, 6.07) is 6.39. The number of anilines is 1. The molecule has 13 heavy (non-hydrogen) atoms. The van der Waals surface area contributed by atoms with E-state index in [9.17, 15) is 9.50 Å². The zero-order valence-corrected chi connectivity index (χ0v) is 7.20. The van der Waals surface area contributed by atoms with Crippen molar-refractivity contribution in [3.8, 4) is 0 Å². The third kappa shape index (κ3) is 1.80. The first kappa shape index (κ1) is 8.51. The van der Waals surface area contributed by atoms with Gasteiger partial charge < -0.3 is 10.4 Å². The number of halogens is 1. The molecular weight excluding hydrogens is 169 g/mol. The maximum Gasteiger partial charge on any atom is 0.125 e. The first-order valence-electron chi connectivity index (χ1n) is 4.46. The second-order valence-electron chi connectivity index (χ2n) is 3.41. The predicted molar refractivity (Wildman–Crippen MR) is 49.1 cm³/mol. The molecule has 1 aliphatic rings. The number of aliphatic hydroxyl groups excluding tert-OH is 1. The van der Waals surface area contributed by atoms with E-state index in [0.29, 0.717) is 0 Å². The monoisotopic (exact) mass is 181 g/mol.